The molecule has 0 atom stereocenters. The molecule has 2 heterocycles. The Labute approximate surface area is 180 Å². The number of amides is 1. The highest BCUT2D eigenvalue weighted by molar-refractivity contribution is 6.31. The summed E-state index contributed by atoms with van der Waals surface area (Å²) in [5.74, 6) is -1.39. The molecule has 0 saturated carbocycles. The molecule has 162 valence electrons. The second-order valence-electron chi connectivity index (χ2n) is 7.22. The zero-order valence-corrected chi connectivity index (χ0v) is 17.0. The molecule has 11 heteroatoms. The summed E-state index contributed by atoms with van der Waals surface area (Å²) < 4.78 is 20.2. The SMILES string of the molecule is O=C(Cn1c(=O)oc2cc([N+](=O)[O-])ccc21)N1CCN(Cc2c(F)cccc2Cl)CC1. The van der Waals surface area contributed by atoms with E-state index in [0.29, 0.717) is 48.8 Å². The van der Waals surface area contributed by atoms with E-state index < -0.39 is 10.7 Å². The monoisotopic (exact) mass is 448 g/mol. The Morgan fingerprint density at radius 3 is 2.61 bits per heavy atom. The van der Waals surface area contributed by atoms with Crippen LogP contribution in [0.3, 0.4) is 0 Å². The summed E-state index contributed by atoms with van der Waals surface area (Å²) in [7, 11) is 0. The first-order valence-electron chi connectivity index (χ1n) is 9.54. The minimum absolute atomic E-state index is 0.0542. The van der Waals surface area contributed by atoms with E-state index in [-0.39, 0.29) is 29.5 Å². The van der Waals surface area contributed by atoms with Crippen molar-refractivity contribution in [1.29, 1.82) is 0 Å². The van der Waals surface area contributed by atoms with Crippen molar-refractivity contribution >= 4 is 34.3 Å². The third kappa shape index (κ3) is 4.30. The molecule has 1 aliphatic rings. The number of nitrogens with zero attached hydrogens (tertiary/aromatic N) is 4. The zero-order chi connectivity index (χ0) is 22.1. The molecule has 3 aromatic rings. The molecule has 2 aromatic carbocycles. The van der Waals surface area contributed by atoms with Gasteiger partial charge in [-0.2, -0.15) is 0 Å². The van der Waals surface area contributed by atoms with Crippen LogP contribution in [0, 0.1) is 15.9 Å². The average molecular weight is 449 g/mol. The lowest BCUT2D eigenvalue weighted by molar-refractivity contribution is -0.384. The van der Waals surface area contributed by atoms with Crippen LogP contribution in [-0.2, 0) is 17.9 Å². The molecule has 4 rings (SSSR count). The van der Waals surface area contributed by atoms with Gasteiger partial charge in [0, 0.05) is 49.4 Å². The van der Waals surface area contributed by atoms with E-state index in [9.17, 15) is 24.1 Å². The van der Waals surface area contributed by atoms with Gasteiger partial charge in [0.2, 0.25) is 5.91 Å². The normalized spacial score (nSPS) is 14.8. The maximum atomic E-state index is 14.0. The Kier molecular flexibility index (Phi) is 5.75. The van der Waals surface area contributed by atoms with Crippen LogP contribution >= 0.6 is 11.6 Å². The van der Waals surface area contributed by atoms with Crippen molar-refractivity contribution in [2.45, 2.75) is 13.1 Å². The van der Waals surface area contributed by atoms with Crippen LogP contribution in [0.2, 0.25) is 5.02 Å². The van der Waals surface area contributed by atoms with Crippen LogP contribution in [-0.4, -0.2) is 51.4 Å². The maximum absolute atomic E-state index is 14.0. The van der Waals surface area contributed by atoms with Crippen molar-refractivity contribution in [3.63, 3.8) is 0 Å². The van der Waals surface area contributed by atoms with E-state index in [0.717, 1.165) is 10.6 Å². The second-order valence-corrected chi connectivity index (χ2v) is 7.63. The van der Waals surface area contributed by atoms with Crippen LogP contribution in [0.1, 0.15) is 5.56 Å². The molecule has 0 radical (unpaired) electrons. The number of nitro benzene ring substituents is 1. The number of nitro groups is 1. The number of piperazine rings is 1. The van der Waals surface area contributed by atoms with Gasteiger partial charge in [-0.3, -0.25) is 24.4 Å². The summed E-state index contributed by atoms with van der Waals surface area (Å²) in [5.41, 5.74) is 0.593. The fourth-order valence-corrected chi connectivity index (χ4v) is 3.84. The number of fused-ring (bicyclic) bond motifs is 1. The molecule has 0 unspecified atom stereocenters. The largest absolute Gasteiger partial charge is 0.420 e. The molecule has 1 aliphatic heterocycles. The predicted molar refractivity (Wildman–Crippen MR) is 110 cm³/mol. The Balaban J connectivity index is 1.41. The number of carbonyl (C=O) groups is 1. The lowest BCUT2D eigenvalue weighted by Gasteiger charge is -2.35. The highest BCUT2D eigenvalue weighted by Crippen LogP contribution is 2.22. The van der Waals surface area contributed by atoms with Gasteiger partial charge in [-0.05, 0) is 18.2 Å². The number of benzene rings is 2. The van der Waals surface area contributed by atoms with Crippen molar-refractivity contribution in [3.05, 3.63) is 73.5 Å². The number of hydrogen-bond acceptors (Lipinski definition) is 6. The highest BCUT2D eigenvalue weighted by Gasteiger charge is 2.24. The molecule has 9 nitrogen and oxygen atoms in total. The van der Waals surface area contributed by atoms with Crippen LogP contribution < -0.4 is 5.76 Å². The number of carbonyl (C=O) groups excluding carboxylic acids is 1. The van der Waals surface area contributed by atoms with Gasteiger partial charge in [0.05, 0.1) is 16.5 Å². The van der Waals surface area contributed by atoms with Gasteiger partial charge in [-0.15, -0.1) is 0 Å². The third-order valence-corrected chi connectivity index (χ3v) is 5.68. The van der Waals surface area contributed by atoms with Crippen LogP contribution in [0.15, 0.2) is 45.6 Å². The van der Waals surface area contributed by atoms with Crippen LogP contribution in [0.5, 0.6) is 0 Å². The Morgan fingerprint density at radius 1 is 1.19 bits per heavy atom. The number of hydrogen-bond donors (Lipinski definition) is 0. The number of halogens is 2. The standard InChI is InChI=1S/C20H18ClFN4O5/c21-15-2-1-3-16(22)14(15)11-23-6-8-24(9-7-23)19(27)12-25-17-5-4-13(26(29)30)10-18(17)31-20(25)28/h1-5,10H,6-9,11-12H2. The molecule has 1 aromatic heterocycles. The minimum Gasteiger partial charge on any atom is -0.407 e. The molecule has 0 N–H and O–H groups in total. The Bertz CT molecular complexity index is 1200. The molecule has 1 fully saturated rings. The van der Waals surface area contributed by atoms with E-state index in [2.05, 4.69) is 0 Å². The predicted octanol–water partition coefficient (Wildman–Crippen LogP) is 2.64. The van der Waals surface area contributed by atoms with E-state index in [1.807, 2.05) is 4.90 Å². The molecular formula is C20H18ClFN4O5. The first-order chi connectivity index (χ1) is 14.8. The van der Waals surface area contributed by atoms with Crippen LogP contribution in [0.4, 0.5) is 10.1 Å². The topological polar surface area (TPSA) is 102 Å². The molecule has 1 amide bonds. The first kappa shape index (κ1) is 21.0. The van der Waals surface area contributed by atoms with E-state index in [1.54, 1.807) is 17.0 Å². The molecule has 1 saturated heterocycles. The number of aromatic nitrogens is 1. The van der Waals surface area contributed by atoms with Crippen molar-refractivity contribution in [1.82, 2.24) is 14.4 Å². The summed E-state index contributed by atoms with van der Waals surface area (Å²) >= 11 is 6.09. The van der Waals surface area contributed by atoms with Gasteiger partial charge >= 0.3 is 5.76 Å². The maximum Gasteiger partial charge on any atom is 0.420 e. The third-order valence-electron chi connectivity index (χ3n) is 5.32. The van der Waals surface area contributed by atoms with Gasteiger partial charge < -0.3 is 9.32 Å². The van der Waals surface area contributed by atoms with E-state index in [1.165, 1.54) is 18.2 Å². The molecule has 0 spiro atoms. The van der Waals surface area contributed by atoms with Gasteiger partial charge in [0.15, 0.2) is 5.58 Å². The number of non-ortho nitro benzene ring substituents is 1. The lowest BCUT2D eigenvalue weighted by Crippen LogP contribution is -2.49. The Hall–Kier alpha value is -3.24. The van der Waals surface area contributed by atoms with E-state index >= 15 is 0 Å². The fraction of sp³-hybridized carbons (Fsp3) is 0.300. The number of oxazole rings is 1. The van der Waals surface area contributed by atoms with Crippen molar-refractivity contribution < 1.29 is 18.5 Å². The first-order valence-corrected chi connectivity index (χ1v) is 9.92. The number of rotatable bonds is 5. The Morgan fingerprint density at radius 2 is 1.94 bits per heavy atom. The molecule has 31 heavy (non-hydrogen) atoms. The summed E-state index contributed by atoms with van der Waals surface area (Å²) in [4.78, 5) is 38.8. The fourth-order valence-electron chi connectivity index (χ4n) is 3.62. The minimum atomic E-state index is -0.753. The molecular weight excluding hydrogens is 431 g/mol. The lowest BCUT2D eigenvalue weighted by atomic mass is 10.2. The highest BCUT2D eigenvalue weighted by atomic mass is 35.5. The summed E-state index contributed by atoms with van der Waals surface area (Å²) in [6.07, 6.45) is 0. The zero-order valence-electron chi connectivity index (χ0n) is 16.3. The van der Waals surface area contributed by atoms with Crippen molar-refractivity contribution in [2.75, 3.05) is 26.2 Å². The van der Waals surface area contributed by atoms with Gasteiger partial charge in [0.1, 0.15) is 12.4 Å². The molecule has 0 aliphatic carbocycles. The second kappa shape index (κ2) is 8.48. The average Bonchev–Trinajstić information content (AvgIpc) is 3.05. The summed E-state index contributed by atoms with van der Waals surface area (Å²) in [6.45, 7) is 2.01. The van der Waals surface area contributed by atoms with Crippen molar-refractivity contribution in [3.8, 4) is 0 Å². The summed E-state index contributed by atoms with van der Waals surface area (Å²) in [5, 5.41) is 11.3. The van der Waals surface area contributed by atoms with Crippen LogP contribution in [0.25, 0.3) is 11.1 Å². The van der Waals surface area contributed by atoms with Gasteiger partial charge in [-0.1, -0.05) is 17.7 Å². The van der Waals surface area contributed by atoms with Gasteiger partial charge in [0.25, 0.3) is 5.69 Å². The summed E-state index contributed by atoms with van der Waals surface area (Å²) in [6, 6.07) is 8.36. The quantitative estimate of drug-likeness (QED) is 0.439. The van der Waals surface area contributed by atoms with Crippen molar-refractivity contribution in [2.24, 2.45) is 0 Å². The van der Waals surface area contributed by atoms with E-state index in [4.69, 9.17) is 16.0 Å². The van der Waals surface area contributed by atoms with Gasteiger partial charge in [-0.25, -0.2) is 9.18 Å². The molecule has 0 bridgehead atoms. The smallest absolute Gasteiger partial charge is 0.407 e.